The second-order valence-corrected chi connectivity index (χ2v) is 7.94. The fourth-order valence-corrected chi connectivity index (χ4v) is 3.78. The Bertz CT molecular complexity index is 1270. The van der Waals surface area contributed by atoms with Gasteiger partial charge in [0, 0.05) is 45.6 Å². The summed E-state index contributed by atoms with van der Waals surface area (Å²) < 4.78 is 1.02. The molecule has 1 amide bonds. The number of hydrogen-bond acceptors (Lipinski definition) is 8. The SMILES string of the molecule is Cn1[nH]c(=O)c(Br)c(Nc2cccc(C(=O)N3CCN(c4ncccn4)CC3)c2O)c1=O. The molecule has 1 aromatic carbocycles. The first-order chi connectivity index (χ1) is 15.4. The molecule has 1 aliphatic heterocycles. The second-order valence-electron chi connectivity index (χ2n) is 7.15. The van der Waals surface area contributed by atoms with Gasteiger partial charge in [-0.05, 0) is 34.1 Å². The molecular weight excluding hydrogens is 482 g/mol. The predicted octanol–water partition coefficient (Wildman–Crippen LogP) is 1.04. The monoisotopic (exact) mass is 501 g/mol. The summed E-state index contributed by atoms with van der Waals surface area (Å²) in [5.74, 6) is -0.0307. The zero-order valence-electron chi connectivity index (χ0n) is 17.1. The lowest BCUT2D eigenvalue weighted by Crippen LogP contribution is -2.49. The Morgan fingerprint density at radius 2 is 1.81 bits per heavy atom. The standard InChI is InChI=1S/C20H20BrN7O4/c1-26-19(32)15(14(21)17(30)25-26)24-13-5-2-4-12(16(13)29)18(31)27-8-10-28(11-9-27)20-22-6-3-7-23-20/h2-7,24,29H,8-11H2,1H3,(H,25,30). The molecule has 3 N–H and O–H groups in total. The van der Waals surface area contributed by atoms with E-state index < -0.39 is 11.1 Å². The maximum Gasteiger partial charge on any atom is 0.289 e. The van der Waals surface area contributed by atoms with E-state index in [1.54, 1.807) is 29.4 Å². The van der Waals surface area contributed by atoms with E-state index in [4.69, 9.17) is 0 Å². The second kappa shape index (κ2) is 8.83. The number of H-pyrrole nitrogens is 1. The number of piperazine rings is 1. The minimum atomic E-state index is -0.512. The molecule has 0 bridgehead atoms. The molecule has 3 heterocycles. The van der Waals surface area contributed by atoms with Crippen LogP contribution in [0.5, 0.6) is 5.75 Å². The molecule has 11 nitrogen and oxygen atoms in total. The van der Waals surface area contributed by atoms with Crippen molar-refractivity contribution < 1.29 is 9.90 Å². The highest BCUT2D eigenvalue weighted by Crippen LogP contribution is 2.31. The molecule has 32 heavy (non-hydrogen) atoms. The van der Waals surface area contributed by atoms with Crippen molar-refractivity contribution in [1.29, 1.82) is 0 Å². The molecular formula is C20H20BrN7O4. The lowest BCUT2D eigenvalue weighted by molar-refractivity contribution is 0.0743. The van der Waals surface area contributed by atoms with Gasteiger partial charge in [0.25, 0.3) is 17.0 Å². The summed E-state index contributed by atoms with van der Waals surface area (Å²) in [4.78, 5) is 49.5. The van der Waals surface area contributed by atoms with Crippen LogP contribution in [0.3, 0.4) is 0 Å². The maximum absolute atomic E-state index is 13.1. The summed E-state index contributed by atoms with van der Waals surface area (Å²) in [5, 5.41) is 15.9. The van der Waals surface area contributed by atoms with Crippen molar-refractivity contribution in [2.45, 2.75) is 0 Å². The van der Waals surface area contributed by atoms with Crippen molar-refractivity contribution >= 4 is 39.2 Å². The summed E-state index contributed by atoms with van der Waals surface area (Å²) in [5.41, 5.74) is -0.839. The summed E-state index contributed by atoms with van der Waals surface area (Å²) in [6, 6.07) is 6.37. The number of aryl methyl sites for hydroxylation is 1. The van der Waals surface area contributed by atoms with Gasteiger partial charge in [0.05, 0.1) is 11.3 Å². The number of benzene rings is 1. The number of nitrogens with zero attached hydrogens (tertiary/aromatic N) is 5. The van der Waals surface area contributed by atoms with Crippen LogP contribution in [0.15, 0.2) is 50.7 Å². The van der Waals surface area contributed by atoms with Crippen molar-refractivity contribution in [2.24, 2.45) is 7.05 Å². The number of aromatic nitrogens is 4. The van der Waals surface area contributed by atoms with E-state index >= 15 is 0 Å². The first-order valence-electron chi connectivity index (χ1n) is 9.76. The summed E-state index contributed by atoms with van der Waals surface area (Å²) >= 11 is 3.09. The van der Waals surface area contributed by atoms with Gasteiger partial charge in [0.15, 0.2) is 5.75 Å². The van der Waals surface area contributed by atoms with Crippen molar-refractivity contribution in [3.8, 4) is 5.75 Å². The molecule has 0 radical (unpaired) electrons. The molecule has 1 aliphatic rings. The highest BCUT2D eigenvalue weighted by atomic mass is 79.9. The van der Waals surface area contributed by atoms with Crippen LogP contribution in [-0.4, -0.2) is 61.8 Å². The number of para-hydroxylation sites is 1. The first kappa shape index (κ1) is 21.6. The van der Waals surface area contributed by atoms with E-state index in [2.05, 4.69) is 36.3 Å². The van der Waals surface area contributed by atoms with Gasteiger partial charge in [-0.15, -0.1) is 0 Å². The van der Waals surface area contributed by atoms with Crippen LogP contribution in [0.25, 0.3) is 0 Å². The van der Waals surface area contributed by atoms with E-state index in [0.29, 0.717) is 32.1 Å². The van der Waals surface area contributed by atoms with Crippen LogP contribution in [0, 0.1) is 0 Å². The van der Waals surface area contributed by atoms with Gasteiger partial charge in [0.2, 0.25) is 5.95 Å². The number of rotatable bonds is 4. The van der Waals surface area contributed by atoms with E-state index in [9.17, 15) is 19.5 Å². The number of phenolic OH excluding ortho intramolecular Hbond substituents is 1. The largest absolute Gasteiger partial charge is 0.505 e. The lowest BCUT2D eigenvalue weighted by Gasteiger charge is -2.34. The Labute approximate surface area is 190 Å². The van der Waals surface area contributed by atoms with E-state index in [0.717, 1.165) is 4.68 Å². The van der Waals surface area contributed by atoms with Gasteiger partial charge in [-0.2, -0.15) is 0 Å². The molecule has 0 spiro atoms. The van der Waals surface area contributed by atoms with Gasteiger partial charge >= 0.3 is 0 Å². The smallest absolute Gasteiger partial charge is 0.289 e. The van der Waals surface area contributed by atoms with Crippen LogP contribution in [0.1, 0.15) is 10.4 Å². The third-order valence-corrected chi connectivity index (χ3v) is 5.89. The average molecular weight is 502 g/mol. The number of hydrogen-bond donors (Lipinski definition) is 3. The molecule has 166 valence electrons. The number of nitrogens with one attached hydrogen (secondary N) is 2. The first-order valence-corrected chi connectivity index (χ1v) is 10.5. The molecule has 0 unspecified atom stereocenters. The Kier molecular flexibility index (Phi) is 5.95. The third kappa shape index (κ3) is 4.08. The number of halogens is 1. The summed E-state index contributed by atoms with van der Waals surface area (Å²) in [6.45, 7) is 2.00. The highest BCUT2D eigenvalue weighted by Gasteiger charge is 2.26. The van der Waals surface area contributed by atoms with Gasteiger partial charge in [-0.1, -0.05) is 6.07 Å². The summed E-state index contributed by atoms with van der Waals surface area (Å²) in [7, 11) is 1.40. The minimum absolute atomic E-state index is 0.00372. The molecule has 1 fully saturated rings. The number of carbonyl (C=O) groups is 1. The number of phenols is 1. The molecule has 1 saturated heterocycles. The van der Waals surface area contributed by atoms with E-state index in [1.165, 1.54) is 19.2 Å². The minimum Gasteiger partial charge on any atom is -0.505 e. The van der Waals surface area contributed by atoms with Crippen molar-refractivity contribution in [3.63, 3.8) is 0 Å². The predicted molar refractivity (Wildman–Crippen MR) is 122 cm³/mol. The number of aromatic hydroxyl groups is 1. The lowest BCUT2D eigenvalue weighted by atomic mass is 10.1. The average Bonchev–Trinajstić information content (AvgIpc) is 2.82. The zero-order chi connectivity index (χ0) is 22.8. The van der Waals surface area contributed by atoms with Crippen molar-refractivity contribution in [3.05, 3.63) is 67.4 Å². The zero-order valence-corrected chi connectivity index (χ0v) is 18.7. The number of carbonyl (C=O) groups excluding carboxylic acids is 1. The topological polar surface area (TPSA) is 136 Å². The van der Waals surface area contributed by atoms with Crippen LogP contribution in [0.2, 0.25) is 0 Å². The molecule has 4 rings (SSSR count). The third-order valence-electron chi connectivity index (χ3n) is 5.13. The molecule has 0 aliphatic carbocycles. The fourth-order valence-electron chi connectivity index (χ4n) is 3.42. The summed E-state index contributed by atoms with van der Waals surface area (Å²) in [6.07, 6.45) is 3.34. The Balaban J connectivity index is 1.54. The number of aromatic amines is 1. The molecule has 12 heteroatoms. The van der Waals surface area contributed by atoms with Crippen LogP contribution >= 0.6 is 15.9 Å². The fraction of sp³-hybridized carbons (Fsp3) is 0.250. The Hall–Kier alpha value is -3.67. The van der Waals surface area contributed by atoms with Gasteiger partial charge in [0.1, 0.15) is 10.2 Å². The van der Waals surface area contributed by atoms with Crippen LogP contribution < -0.4 is 21.3 Å². The van der Waals surface area contributed by atoms with Crippen LogP contribution in [-0.2, 0) is 7.05 Å². The molecule has 0 saturated carbocycles. The van der Waals surface area contributed by atoms with Crippen molar-refractivity contribution in [1.82, 2.24) is 24.6 Å². The van der Waals surface area contributed by atoms with E-state index in [1.807, 2.05) is 4.90 Å². The highest BCUT2D eigenvalue weighted by molar-refractivity contribution is 9.10. The maximum atomic E-state index is 13.1. The molecule has 2 aromatic heterocycles. The quantitative estimate of drug-likeness (QED) is 0.451. The molecule has 0 atom stereocenters. The number of anilines is 3. The Morgan fingerprint density at radius 1 is 1.12 bits per heavy atom. The van der Waals surface area contributed by atoms with Gasteiger partial charge in [-0.3, -0.25) is 24.2 Å². The van der Waals surface area contributed by atoms with Gasteiger partial charge in [-0.25, -0.2) is 9.97 Å². The van der Waals surface area contributed by atoms with Gasteiger partial charge < -0.3 is 20.2 Å². The van der Waals surface area contributed by atoms with Crippen LogP contribution in [0.4, 0.5) is 17.3 Å². The molecule has 3 aromatic rings. The Morgan fingerprint density at radius 3 is 2.50 bits per heavy atom. The van der Waals surface area contributed by atoms with E-state index in [-0.39, 0.29) is 33.1 Å². The number of amides is 1. The normalized spacial score (nSPS) is 13.8. The van der Waals surface area contributed by atoms with Crippen molar-refractivity contribution in [2.75, 3.05) is 36.4 Å².